The van der Waals surface area contributed by atoms with E-state index >= 15 is 0 Å². The van der Waals surface area contributed by atoms with Gasteiger partial charge in [-0.2, -0.15) is 0 Å². The topological polar surface area (TPSA) is 107 Å². The molecule has 8 heteroatoms. The maximum Gasteiger partial charge on any atom is 0.242 e. The van der Waals surface area contributed by atoms with E-state index in [0.717, 1.165) is 17.3 Å². The summed E-state index contributed by atoms with van der Waals surface area (Å²) in [7, 11) is 0. The summed E-state index contributed by atoms with van der Waals surface area (Å²) in [5.74, 6) is -0.213. The molecule has 0 saturated heterocycles. The SMILES string of the molecule is Nc1cc(N)nc(S[C@H](C(=O)Nc2ccc(F)cc2)c2ccccc2)n1. The Morgan fingerprint density at radius 2 is 1.62 bits per heavy atom. The smallest absolute Gasteiger partial charge is 0.242 e. The molecule has 6 nitrogen and oxygen atoms in total. The molecule has 132 valence electrons. The fourth-order valence-corrected chi connectivity index (χ4v) is 3.25. The van der Waals surface area contributed by atoms with E-state index in [4.69, 9.17) is 11.5 Å². The van der Waals surface area contributed by atoms with E-state index in [0.29, 0.717) is 10.8 Å². The van der Waals surface area contributed by atoms with Crippen LogP contribution in [0.2, 0.25) is 0 Å². The van der Waals surface area contributed by atoms with Crippen molar-refractivity contribution in [3.63, 3.8) is 0 Å². The summed E-state index contributed by atoms with van der Waals surface area (Å²) in [6.45, 7) is 0. The lowest BCUT2D eigenvalue weighted by Crippen LogP contribution is -2.19. The molecule has 0 bridgehead atoms. The summed E-state index contributed by atoms with van der Waals surface area (Å²) >= 11 is 1.13. The molecule has 5 N–H and O–H groups in total. The highest BCUT2D eigenvalue weighted by Gasteiger charge is 2.24. The largest absolute Gasteiger partial charge is 0.383 e. The minimum absolute atomic E-state index is 0.228. The number of halogens is 1. The molecule has 2 aromatic carbocycles. The van der Waals surface area contributed by atoms with Crippen LogP contribution in [0.25, 0.3) is 0 Å². The third-order valence-corrected chi connectivity index (χ3v) is 4.54. The van der Waals surface area contributed by atoms with E-state index < -0.39 is 5.25 Å². The number of carbonyl (C=O) groups excluding carboxylic acids is 1. The monoisotopic (exact) mass is 369 g/mol. The van der Waals surface area contributed by atoms with Crippen LogP contribution in [0, 0.1) is 5.82 Å². The lowest BCUT2D eigenvalue weighted by Gasteiger charge is -2.16. The first-order chi connectivity index (χ1) is 12.5. The Labute approximate surface area is 153 Å². The summed E-state index contributed by atoms with van der Waals surface area (Å²) in [5.41, 5.74) is 12.7. The number of nitrogen functional groups attached to an aromatic ring is 2. The molecule has 0 aliphatic heterocycles. The Bertz CT molecular complexity index is 885. The highest BCUT2D eigenvalue weighted by molar-refractivity contribution is 8.00. The molecule has 1 amide bonds. The summed E-state index contributed by atoms with van der Waals surface area (Å²) in [6.07, 6.45) is 0. The number of nitrogens with zero attached hydrogens (tertiary/aromatic N) is 2. The van der Waals surface area contributed by atoms with Crippen LogP contribution >= 0.6 is 11.8 Å². The zero-order valence-electron chi connectivity index (χ0n) is 13.6. The van der Waals surface area contributed by atoms with E-state index in [1.165, 1.54) is 30.3 Å². The average Bonchev–Trinajstić information content (AvgIpc) is 2.61. The summed E-state index contributed by atoms with van der Waals surface area (Å²) in [6, 6.07) is 16.2. The molecule has 0 fully saturated rings. The number of nitrogens with one attached hydrogen (secondary N) is 1. The van der Waals surface area contributed by atoms with Crippen LogP contribution in [0.4, 0.5) is 21.7 Å². The maximum absolute atomic E-state index is 13.1. The molecule has 1 heterocycles. The number of anilines is 3. The summed E-state index contributed by atoms with van der Waals surface area (Å²) in [4.78, 5) is 21.1. The highest BCUT2D eigenvalue weighted by Crippen LogP contribution is 2.35. The van der Waals surface area contributed by atoms with Gasteiger partial charge in [0.05, 0.1) is 0 Å². The number of nitrogens with two attached hydrogens (primary N) is 2. The molecule has 0 radical (unpaired) electrons. The molecule has 0 aliphatic rings. The Morgan fingerprint density at radius 3 is 2.23 bits per heavy atom. The molecule has 3 rings (SSSR count). The second-order valence-electron chi connectivity index (χ2n) is 5.40. The first kappa shape index (κ1) is 17.7. The number of amides is 1. The van der Waals surface area contributed by atoms with Gasteiger partial charge < -0.3 is 16.8 Å². The van der Waals surface area contributed by atoms with Crippen molar-refractivity contribution in [2.24, 2.45) is 0 Å². The van der Waals surface area contributed by atoms with E-state index in [1.807, 2.05) is 30.3 Å². The third kappa shape index (κ3) is 4.48. The zero-order chi connectivity index (χ0) is 18.5. The number of carbonyl (C=O) groups is 1. The second-order valence-corrected chi connectivity index (χ2v) is 6.48. The molecule has 3 aromatic rings. The van der Waals surface area contributed by atoms with E-state index in [2.05, 4.69) is 15.3 Å². The first-order valence-corrected chi connectivity index (χ1v) is 8.57. The molecule has 0 unspecified atom stereocenters. The van der Waals surface area contributed by atoms with Crippen molar-refractivity contribution in [2.75, 3.05) is 16.8 Å². The van der Waals surface area contributed by atoms with Crippen molar-refractivity contribution in [3.05, 3.63) is 72.0 Å². The van der Waals surface area contributed by atoms with Gasteiger partial charge in [0.15, 0.2) is 5.16 Å². The third-order valence-electron chi connectivity index (χ3n) is 3.42. The molecule has 26 heavy (non-hydrogen) atoms. The van der Waals surface area contributed by atoms with Crippen LogP contribution in [0.15, 0.2) is 65.8 Å². The van der Waals surface area contributed by atoms with Gasteiger partial charge in [-0.15, -0.1) is 0 Å². The predicted octanol–water partition coefficient (Wildman–Crippen LogP) is 3.25. The minimum atomic E-state index is -0.637. The number of rotatable bonds is 5. The number of hydrogen-bond donors (Lipinski definition) is 3. The first-order valence-electron chi connectivity index (χ1n) is 7.69. The number of hydrogen-bond acceptors (Lipinski definition) is 6. The Hall–Kier alpha value is -3.13. The van der Waals surface area contributed by atoms with Crippen LogP contribution in [0.5, 0.6) is 0 Å². The molecular formula is C18H16FN5OS. The lowest BCUT2D eigenvalue weighted by molar-refractivity contribution is -0.115. The Morgan fingerprint density at radius 1 is 1.00 bits per heavy atom. The molecule has 0 spiro atoms. The van der Waals surface area contributed by atoms with Gasteiger partial charge in [-0.1, -0.05) is 42.1 Å². The van der Waals surface area contributed by atoms with Gasteiger partial charge in [0.25, 0.3) is 0 Å². The van der Waals surface area contributed by atoms with Crippen LogP contribution in [-0.4, -0.2) is 15.9 Å². The Kier molecular flexibility index (Phi) is 5.33. The van der Waals surface area contributed by atoms with Gasteiger partial charge >= 0.3 is 0 Å². The Balaban J connectivity index is 1.87. The highest BCUT2D eigenvalue weighted by atomic mass is 32.2. The van der Waals surface area contributed by atoms with Gasteiger partial charge in [-0.3, -0.25) is 4.79 Å². The van der Waals surface area contributed by atoms with E-state index in [9.17, 15) is 9.18 Å². The van der Waals surface area contributed by atoms with Crippen LogP contribution in [-0.2, 0) is 4.79 Å². The van der Waals surface area contributed by atoms with Crippen molar-refractivity contribution >= 4 is 35.0 Å². The quantitative estimate of drug-likeness (QED) is 0.471. The van der Waals surface area contributed by atoms with Crippen molar-refractivity contribution in [1.82, 2.24) is 9.97 Å². The van der Waals surface area contributed by atoms with Crippen LogP contribution < -0.4 is 16.8 Å². The van der Waals surface area contributed by atoms with E-state index in [-0.39, 0.29) is 23.4 Å². The zero-order valence-corrected chi connectivity index (χ0v) is 14.4. The van der Waals surface area contributed by atoms with Crippen molar-refractivity contribution in [3.8, 4) is 0 Å². The van der Waals surface area contributed by atoms with Crippen molar-refractivity contribution in [1.29, 1.82) is 0 Å². The van der Waals surface area contributed by atoms with Crippen molar-refractivity contribution in [2.45, 2.75) is 10.4 Å². The van der Waals surface area contributed by atoms with Gasteiger partial charge in [0, 0.05) is 11.8 Å². The van der Waals surface area contributed by atoms with Crippen LogP contribution in [0.1, 0.15) is 10.8 Å². The second kappa shape index (κ2) is 7.83. The lowest BCUT2D eigenvalue weighted by atomic mass is 10.1. The summed E-state index contributed by atoms with van der Waals surface area (Å²) < 4.78 is 13.1. The standard InChI is InChI=1S/C18H16FN5OS/c19-12-6-8-13(9-7-12)22-17(25)16(11-4-2-1-3-5-11)26-18-23-14(20)10-15(21)24-18/h1-10,16H,(H,22,25)(H4,20,21,23,24)/t16-/m0/s1. The van der Waals surface area contributed by atoms with Gasteiger partial charge in [-0.05, 0) is 29.8 Å². The fourth-order valence-electron chi connectivity index (χ4n) is 2.26. The van der Waals surface area contributed by atoms with Crippen LogP contribution in [0.3, 0.4) is 0 Å². The van der Waals surface area contributed by atoms with Gasteiger partial charge in [0.2, 0.25) is 5.91 Å². The van der Waals surface area contributed by atoms with Gasteiger partial charge in [-0.25, -0.2) is 14.4 Å². The molecule has 0 saturated carbocycles. The molecule has 1 atom stereocenters. The van der Waals surface area contributed by atoms with Gasteiger partial charge in [0.1, 0.15) is 22.7 Å². The average molecular weight is 369 g/mol. The number of aromatic nitrogens is 2. The predicted molar refractivity (Wildman–Crippen MR) is 101 cm³/mol. The molecule has 0 aliphatic carbocycles. The number of benzene rings is 2. The summed E-state index contributed by atoms with van der Waals surface area (Å²) in [5, 5.41) is 2.43. The number of thioether (sulfide) groups is 1. The van der Waals surface area contributed by atoms with Crippen molar-refractivity contribution < 1.29 is 9.18 Å². The maximum atomic E-state index is 13.1. The van der Waals surface area contributed by atoms with E-state index in [1.54, 1.807) is 0 Å². The molecular weight excluding hydrogens is 353 g/mol. The normalized spacial score (nSPS) is 11.7. The molecule has 1 aromatic heterocycles. The fraction of sp³-hybridized carbons (Fsp3) is 0.0556. The minimum Gasteiger partial charge on any atom is -0.383 e.